The van der Waals surface area contributed by atoms with Gasteiger partial charge in [-0.25, -0.2) is 9.97 Å². The third kappa shape index (κ3) is 12.7. The third-order valence-electron chi connectivity index (χ3n) is 7.14. The first-order chi connectivity index (χ1) is 23.3. The minimum absolute atomic E-state index is 0.0149. The second-order valence-electron chi connectivity index (χ2n) is 11.4. The van der Waals surface area contributed by atoms with E-state index >= 15 is 0 Å². The van der Waals surface area contributed by atoms with Crippen molar-refractivity contribution in [3.8, 4) is 5.75 Å². The quantitative estimate of drug-likeness (QED) is 0.117. The van der Waals surface area contributed by atoms with Crippen LogP contribution in [0.25, 0.3) is 0 Å². The Morgan fingerprint density at radius 3 is 1.88 bits per heavy atom. The van der Waals surface area contributed by atoms with Crippen molar-refractivity contribution in [2.24, 2.45) is 0 Å². The summed E-state index contributed by atoms with van der Waals surface area (Å²) in [5, 5.41) is 8.80. The Morgan fingerprint density at radius 1 is 0.800 bits per heavy atom. The molecule has 50 heavy (non-hydrogen) atoms. The lowest BCUT2D eigenvalue weighted by Gasteiger charge is -2.29. The van der Waals surface area contributed by atoms with E-state index in [0.29, 0.717) is 6.42 Å². The maximum Gasteiger partial charge on any atom is 0.416 e. The van der Waals surface area contributed by atoms with E-state index in [2.05, 4.69) is 9.97 Å². The highest BCUT2D eigenvalue weighted by Gasteiger charge is 2.33. The summed E-state index contributed by atoms with van der Waals surface area (Å²) in [5.41, 5.74) is -1.92. The number of amides is 1. The van der Waals surface area contributed by atoms with Gasteiger partial charge in [-0.1, -0.05) is 25.1 Å². The van der Waals surface area contributed by atoms with Crippen molar-refractivity contribution < 1.29 is 58.9 Å². The highest BCUT2D eigenvalue weighted by atomic mass is 19.4. The molecule has 1 aromatic heterocycles. The smallest absolute Gasteiger partial charge is 0.416 e. The highest BCUT2D eigenvalue weighted by molar-refractivity contribution is 5.94. The van der Waals surface area contributed by atoms with Crippen molar-refractivity contribution in [2.75, 3.05) is 23.0 Å². The summed E-state index contributed by atoms with van der Waals surface area (Å²) >= 11 is 0. The largest absolute Gasteiger partial charge is 0.490 e. The van der Waals surface area contributed by atoms with Crippen molar-refractivity contribution >= 4 is 23.5 Å². The van der Waals surface area contributed by atoms with Crippen LogP contribution in [0.1, 0.15) is 67.3 Å². The van der Waals surface area contributed by atoms with Crippen LogP contribution in [0.4, 0.5) is 51.1 Å². The molecule has 0 radical (unpaired) electrons. The van der Waals surface area contributed by atoms with Crippen molar-refractivity contribution in [2.45, 2.75) is 84.0 Å². The van der Waals surface area contributed by atoms with E-state index in [-0.39, 0.29) is 66.8 Å². The minimum atomic E-state index is -4.79. The lowest BCUT2D eigenvalue weighted by molar-refractivity contribution is -0.138. The summed E-state index contributed by atoms with van der Waals surface area (Å²) in [4.78, 5) is 34.7. The standard InChI is InChI=1S/C33H35F9N4O4/c1-3-6-28(47)46(4-2)27-9-8-25(33(40,41)42)14-24(27)20-45(30-43-17-26(18-44-30)50-10-5-7-29(48)49)19-23-12-21(15-31(34,35)36)11-22(13-23)16-32(37,38)39/h8-9,11-14,17-18H,3-7,10,15-16,19-20H2,1-2H3,(H,48,49). The minimum Gasteiger partial charge on any atom is -0.490 e. The number of halogens is 9. The first-order valence-corrected chi connectivity index (χ1v) is 15.4. The van der Waals surface area contributed by atoms with Gasteiger partial charge in [0.15, 0.2) is 5.75 Å². The molecule has 17 heteroatoms. The molecule has 0 saturated carbocycles. The van der Waals surface area contributed by atoms with Crippen LogP contribution in [0, 0.1) is 0 Å². The molecule has 0 fully saturated rings. The molecule has 0 unspecified atom stereocenters. The molecule has 0 aliphatic carbocycles. The number of benzene rings is 2. The van der Waals surface area contributed by atoms with Crippen molar-refractivity contribution in [3.05, 3.63) is 76.6 Å². The van der Waals surface area contributed by atoms with E-state index in [4.69, 9.17) is 9.84 Å². The molecule has 1 amide bonds. The van der Waals surface area contributed by atoms with Crippen LogP contribution in [0.3, 0.4) is 0 Å². The van der Waals surface area contributed by atoms with Crippen molar-refractivity contribution in [1.82, 2.24) is 9.97 Å². The normalized spacial score (nSPS) is 12.1. The number of hydrogen-bond donors (Lipinski definition) is 1. The van der Waals surface area contributed by atoms with Crippen LogP contribution in [0.15, 0.2) is 48.8 Å². The maximum atomic E-state index is 13.9. The molecule has 3 aromatic rings. The van der Waals surface area contributed by atoms with Crippen molar-refractivity contribution in [3.63, 3.8) is 0 Å². The van der Waals surface area contributed by atoms with Crippen LogP contribution < -0.4 is 14.5 Å². The Labute approximate surface area is 281 Å². The van der Waals surface area contributed by atoms with E-state index in [1.54, 1.807) is 13.8 Å². The van der Waals surface area contributed by atoms with Crippen LogP contribution in [-0.4, -0.2) is 52.5 Å². The van der Waals surface area contributed by atoms with E-state index in [1.165, 1.54) is 22.2 Å². The van der Waals surface area contributed by atoms with E-state index in [9.17, 15) is 49.1 Å². The fourth-order valence-corrected chi connectivity index (χ4v) is 5.16. The number of ether oxygens (including phenoxy) is 1. The van der Waals surface area contributed by atoms with Gasteiger partial charge in [-0.05, 0) is 60.2 Å². The molecule has 0 bridgehead atoms. The summed E-state index contributed by atoms with van der Waals surface area (Å²) in [6.07, 6.45) is -14.5. The number of anilines is 2. The van der Waals surface area contributed by atoms with Gasteiger partial charge in [-0.15, -0.1) is 0 Å². The number of hydrogen-bond acceptors (Lipinski definition) is 6. The van der Waals surface area contributed by atoms with Gasteiger partial charge in [0.2, 0.25) is 11.9 Å². The molecule has 0 spiro atoms. The number of aromatic nitrogens is 2. The fourth-order valence-electron chi connectivity index (χ4n) is 5.16. The lowest BCUT2D eigenvalue weighted by atomic mass is 10.0. The zero-order valence-electron chi connectivity index (χ0n) is 27.1. The first-order valence-electron chi connectivity index (χ1n) is 15.4. The van der Waals surface area contributed by atoms with Gasteiger partial charge in [0.25, 0.3) is 0 Å². The molecular weight excluding hydrogens is 687 g/mol. The molecule has 274 valence electrons. The van der Waals surface area contributed by atoms with Crippen LogP contribution in [0.2, 0.25) is 0 Å². The second kappa shape index (κ2) is 16.9. The van der Waals surface area contributed by atoms with E-state index in [0.717, 1.165) is 36.4 Å². The molecular formula is C33H35F9N4O4. The molecule has 0 atom stereocenters. The third-order valence-corrected chi connectivity index (χ3v) is 7.14. The Kier molecular flexibility index (Phi) is 13.5. The van der Waals surface area contributed by atoms with Crippen LogP contribution in [0.5, 0.6) is 5.75 Å². The first kappa shape index (κ1) is 39.9. The summed E-state index contributed by atoms with van der Waals surface area (Å²) < 4.78 is 127. The van der Waals surface area contributed by atoms with Crippen LogP contribution >= 0.6 is 0 Å². The monoisotopic (exact) mass is 722 g/mol. The number of rotatable bonds is 16. The van der Waals surface area contributed by atoms with E-state index in [1.807, 2.05) is 0 Å². The summed E-state index contributed by atoms with van der Waals surface area (Å²) in [5.74, 6) is -1.49. The van der Waals surface area contributed by atoms with Gasteiger partial charge in [0.1, 0.15) is 0 Å². The highest BCUT2D eigenvalue weighted by Crippen LogP contribution is 2.35. The predicted octanol–water partition coefficient (Wildman–Crippen LogP) is 8.31. The average Bonchev–Trinajstić information content (AvgIpc) is 2.98. The van der Waals surface area contributed by atoms with Gasteiger partial charge in [-0.3, -0.25) is 9.59 Å². The fraction of sp³-hybridized carbons (Fsp3) is 0.455. The molecule has 0 saturated heterocycles. The molecule has 8 nitrogen and oxygen atoms in total. The topological polar surface area (TPSA) is 95.9 Å². The molecule has 1 N–H and O–H groups in total. The zero-order valence-corrected chi connectivity index (χ0v) is 27.1. The van der Waals surface area contributed by atoms with Gasteiger partial charge in [-0.2, -0.15) is 39.5 Å². The number of carboxylic acids is 1. The number of nitrogens with zero attached hydrogens (tertiary/aromatic N) is 4. The number of carbonyl (C=O) groups excluding carboxylic acids is 1. The van der Waals surface area contributed by atoms with Crippen molar-refractivity contribution in [1.29, 1.82) is 0 Å². The Morgan fingerprint density at radius 2 is 1.38 bits per heavy atom. The second-order valence-corrected chi connectivity index (χ2v) is 11.4. The Hall–Kier alpha value is -4.57. The Balaban J connectivity index is 2.14. The SMILES string of the molecule is CCCC(=O)N(CC)c1ccc(C(F)(F)F)cc1CN(Cc1cc(CC(F)(F)F)cc(CC(F)(F)F)c1)c1ncc(OCCCC(=O)O)cn1. The van der Waals surface area contributed by atoms with Gasteiger partial charge in [0, 0.05) is 38.2 Å². The summed E-state index contributed by atoms with van der Waals surface area (Å²) in [7, 11) is 0. The maximum absolute atomic E-state index is 13.9. The molecule has 0 aliphatic heterocycles. The number of aliphatic carboxylic acids is 1. The number of carboxylic acid groups (broad SMARTS) is 1. The van der Waals surface area contributed by atoms with Gasteiger partial charge < -0.3 is 19.6 Å². The van der Waals surface area contributed by atoms with Crippen LogP contribution in [-0.2, 0) is 41.7 Å². The molecule has 1 heterocycles. The molecule has 3 rings (SSSR count). The van der Waals surface area contributed by atoms with Gasteiger partial charge >= 0.3 is 24.5 Å². The number of carbonyl (C=O) groups is 2. The molecule has 2 aromatic carbocycles. The summed E-state index contributed by atoms with van der Waals surface area (Å²) in [6, 6.07) is 5.66. The van der Waals surface area contributed by atoms with E-state index < -0.39 is 67.1 Å². The lowest BCUT2D eigenvalue weighted by Crippen LogP contribution is -2.33. The summed E-state index contributed by atoms with van der Waals surface area (Å²) in [6.45, 7) is 2.55. The average molecular weight is 723 g/mol. The van der Waals surface area contributed by atoms with Gasteiger partial charge in [0.05, 0.1) is 37.4 Å². The Bertz CT molecular complexity index is 1560. The zero-order chi connectivity index (χ0) is 37.3. The predicted molar refractivity (Wildman–Crippen MR) is 165 cm³/mol. The number of alkyl halides is 9. The molecule has 0 aliphatic rings.